The van der Waals surface area contributed by atoms with Crippen molar-refractivity contribution >= 4 is 9.06 Å². The van der Waals surface area contributed by atoms with Crippen LogP contribution in [0.4, 0.5) is 0 Å². The molecule has 0 aliphatic rings. The summed E-state index contributed by atoms with van der Waals surface area (Å²) in [6, 6.07) is 0. The second-order valence-corrected chi connectivity index (χ2v) is 0. The first-order chi connectivity index (χ1) is 3.41. The third kappa shape index (κ3) is 2330. The van der Waals surface area contributed by atoms with Gasteiger partial charge in [0.25, 0.3) is 0 Å². The first-order valence-electron chi connectivity index (χ1n) is 1.03. The van der Waals surface area contributed by atoms with Gasteiger partial charge in [-0.15, -0.1) is 0 Å². The topological polar surface area (TPSA) is 161 Å². The molecule has 0 spiro atoms. The van der Waals surface area contributed by atoms with Crippen molar-refractivity contribution in [3.05, 3.63) is 0 Å². The summed E-state index contributed by atoms with van der Waals surface area (Å²) in [5, 5.41) is 24.0. The van der Waals surface area contributed by atoms with Crippen LogP contribution in [0.2, 0.25) is 0 Å². The van der Waals surface area contributed by atoms with E-state index in [4.69, 9.17) is 26.9 Å². The SMILES string of the molecule is C.C.C.C.C.C.C.O.O.OO.OO.[2H]P=O.[Fe+2].[Fe+3].[Fe+3]. The van der Waals surface area contributed by atoms with Gasteiger partial charge in [0.1, 0.15) is 10.3 Å². The molecular weight excluding hydrogens is 395 g/mol. The molecule has 0 aliphatic heterocycles. The van der Waals surface area contributed by atoms with Gasteiger partial charge in [0.2, 0.25) is 0 Å². The molecule has 0 saturated heterocycles. The molecular formula is C7H37Fe3O7P+8. The van der Waals surface area contributed by atoms with Gasteiger partial charge >= 0.3 is 51.2 Å². The van der Waals surface area contributed by atoms with Crippen molar-refractivity contribution in [1.82, 2.24) is 0 Å². The summed E-state index contributed by atoms with van der Waals surface area (Å²) >= 11 is 0. The zero-order valence-electron chi connectivity index (χ0n) is 5.70. The standard InChI is InChI=1S/7CH4.3Fe.2H2O2.HOP.2H2O/c;;;;;;;;;;3*1-2;;/h7*1H4;;;;2*1-2H;2H;2*1H2/q;;;;;;;+2;2*+3;;;;;/i;;;;;;;;;;;;2D;;. The van der Waals surface area contributed by atoms with Crippen LogP contribution in [-0.4, -0.2) is 33.3 Å². The van der Waals surface area contributed by atoms with Gasteiger partial charge in [-0.3, -0.25) is 25.6 Å². The van der Waals surface area contributed by atoms with Crippen LogP contribution in [0.5, 0.6) is 0 Å². The summed E-state index contributed by atoms with van der Waals surface area (Å²) in [5.74, 6) is 0. The zero-order valence-corrected chi connectivity index (χ0v) is 8.91. The van der Waals surface area contributed by atoms with Gasteiger partial charge in [0.05, 0.1) is 0 Å². The van der Waals surface area contributed by atoms with E-state index in [2.05, 4.69) is 0 Å². The van der Waals surface area contributed by atoms with E-state index in [-0.39, 0.29) is 114 Å². The van der Waals surface area contributed by atoms with Crippen LogP contribution in [0.3, 0.4) is 0 Å². The molecule has 0 saturated carbocycles. The normalized spacial score (nSPS) is 1.89. The molecule has 0 aliphatic carbocycles. The fraction of sp³-hybridized carbons (Fsp3) is 1.00. The van der Waals surface area contributed by atoms with Gasteiger partial charge in [0.15, 0.2) is 0 Å². The number of hydrogen-bond donors (Lipinski definition) is 4. The largest absolute Gasteiger partial charge is 3.00 e. The summed E-state index contributed by atoms with van der Waals surface area (Å²) in [4.78, 5) is 0. The molecule has 0 aromatic carbocycles. The Labute approximate surface area is 150 Å². The van der Waals surface area contributed by atoms with E-state index >= 15 is 0 Å². The van der Waals surface area contributed by atoms with Gasteiger partial charge in [-0.1, -0.05) is 52.0 Å². The minimum Gasteiger partial charge on any atom is -0.412 e. The Kier molecular flexibility index (Phi) is 34600. The molecule has 0 rings (SSSR count). The molecule has 11 heteroatoms. The van der Waals surface area contributed by atoms with Gasteiger partial charge in [-0.25, -0.2) is 0 Å². The second kappa shape index (κ2) is 2780. The summed E-state index contributed by atoms with van der Waals surface area (Å²) in [6.45, 7) is 0. The van der Waals surface area contributed by atoms with E-state index < -0.39 is 9.06 Å². The molecule has 0 fully saturated rings. The molecule has 0 atom stereocenters. The Morgan fingerprint density at radius 3 is 0.667 bits per heavy atom. The maximum atomic E-state index is 8.57. The fourth-order valence-electron chi connectivity index (χ4n) is 0. The van der Waals surface area contributed by atoms with E-state index in [1.54, 1.807) is 0 Å². The maximum Gasteiger partial charge on any atom is 3.00 e. The van der Waals surface area contributed by atoms with Crippen molar-refractivity contribution < 1.29 is 87.8 Å². The molecule has 2 radical (unpaired) electrons. The minimum absolute atomic E-state index is 0. The molecule has 0 aromatic heterocycles. The van der Waals surface area contributed by atoms with Crippen molar-refractivity contribution in [2.75, 3.05) is 0 Å². The minimum atomic E-state index is -0.583. The molecule has 18 heavy (non-hydrogen) atoms. The van der Waals surface area contributed by atoms with Crippen molar-refractivity contribution in [3.8, 4) is 0 Å². The van der Waals surface area contributed by atoms with Gasteiger partial charge in [0, 0.05) is 0 Å². The van der Waals surface area contributed by atoms with E-state index in [9.17, 15) is 0 Å². The van der Waals surface area contributed by atoms with Crippen molar-refractivity contribution in [2.24, 2.45) is 0 Å². The van der Waals surface area contributed by atoms with E-state index in [1.165, 1.54) is 0 Å². The summed E-state index contributed by atoms with van der Waals surface area (Å²) in [5.41, 5.74) is 0. The van der Waals surface area contributed by atoms with Crippen molar-refractivity contribution in [2.45, 2.75) is 52.0 Å². The molecule has 128 valence electrons. The van der Waals surface area contributed by atoms with Crippen LogP contribution in [-0.2, 0) is 55.8 Å². The summed E-state index contributed by atoms with van der Waals surface area (Å²) < 4.78 is 14.2. The molecule has 0 aromatic rings. The number of hydrogen-bond acceptors (Lipinski definition) is 5. The summed E-state index contributed by atoms with van der Waals surface area (Å²) in [6.07, 6.45) is 0. The average molecular weight is 433 g/mol. The van der Waals surface area contributed by atoms with Crippen LogP contribution in [0.15, 0.2) is 0 Å². The Morgan fingerprint density at radius 1 is 0.667 bits per heavy atom. The third-order valence-corrected chi connectivity index (χ3v) is 0. The molecule has 0 unspecified atom stereocenters. The van der Waals surface area contributed by atoms with Crippen molar-refractivity contribution in [3.63, 3.8) is 0 Å². The molecule has 8 N–H and O–H groups in total. The van der Waals surface area contributed by atoms with E-state index in [0.717, 1.165) is 0 Å². The zero-order chi connectivity index (χ0) is 6.71. The van der Waals surface area contributed by atoms with Crippen LogP contribution < -0.4 is 0 Å². The van der Waals surface area contributed by atoms with Gasteiger partial charge in [-0.2, -0.15) is 0 Å². The van der Waals surface area contributed by atoms with Crippen molar-refractivity contribution in [1.29, 1.82) is 1.28 Å². The maximum absolute atomic E-state index is 8.57. The van der Waals surface area contributed by atoms with Crippen LogP contribution in [0, 0.1) is 0 Å². The number of rotatable bonds is 0. The smallest absolute Gasteiger partial charge is 0.412 e. The molecule has 0 heterocycles. The predicted octanol–water partition coefficient (Wildman–Crippen LogP) is 3.31. The predicted molar refractivity (Wildman–Crippen MR) is 73.9 cm³/mol. The Balaban J connectivity index is -0.000000000747. The van der Waals surface area contributed by atoms with Crippen LogP contribution in [0.25, 0.3) is 0 Å². The average Bonchev–Trinajstić information content (AvgIpc) is 1.78. The Morgan fingerprint density at radius 2 is 0.667 bits per heavy atom. The van der Waals surface area contributed by atoms with Crippen LogP contribution in [0.1, 0.15) is 52.0 Å². The fourth-order valence-corrected chi connectivity index (χ4v) is 0. The molecule has 0 amide bonds. The second-order valence-electron chi connectivity index (χ2n) is 0. The monoisotopic (exact) mass is 433 g/mol. The Bertz CT molecular complexity index is 44.2. The van der Waals surface area contributed by atoms with Crippen LogP contribution >= 0.6 is 9.06 Å². The van der Waals surface area contributed by atoms with Gasteiger partial charge < -0.3 is 11.0 Å². The summed E-state index contributed by atoms with van der Waals surface area (Å²) in [7, 11) is -0.583. The quantitative estimate of drug-likeness (QED) is 0.199. The Hall–Kier alpha value is 1.42. The van der Waals surface area contributed by atoms with E-state index in [1.807, 2.05) is 0 Å². The first-order valence-corrected chi connectivity index (χ1v) is 0.948. The van der Waals surface area contributed by atoms with Gasteiger partial charge in [-0.05, 0) is 0 Å². The third-order valence-electron chi connectivity index (χ3n) is 0. The molecule has 0 bridgehead atoms. The van der Waals surface area contributed by atoms with E-state index in [0.29, 0.717) is 0 Å². The molecule has 7 nitrogen and oxygen atoms in total. The first kappa shape index (κ1) is 224.